The Labute approximate surface area is 143 Å². The summed E-state index contributed by atoms with van der Waals surface area (Å²) in [6.45, 7) is 5.96. The van der Waals surface area contributed by atoms with E-state index in [0.717, 1.165) is 5.56 Å². The number of nitrogens with one attached hydrogen (secondary N) is 2. The Kier molecular flexibility index (Phi) is 7.95. The molecule has 0 aliphatic carbocycles. The Balaban J connectivity index is 2.60. The molecule has 6 nitrogen and oxygen atoms in total. The Morgan fingerprint density at radius 3 is 2.42 bits per heavy atom. The van der Waals surface area contributed by atoms with Crippen LogP contribution in [-0.2, 0) is 14.3 Å². The predicted molar refractivity (Wildman–Crippen MR) is 91.5 cm³/mol. The highest BCUT2D eigenvalue weighted by Crippen LogP contribution is 2.09. The maximum atomic E-state index is 12.4. The summed E-state index contributed by atoms with van der Waals surface area (Å²) in [5.74, 6) is -0.885. The van der Waals surface area contributed by atoms with Gasteiger partial charge in [-0.2, -0.15) is 0 Å². The number of rotatable bonds is 8. The van der Waals surface area contributed by atoms with Gasteiger partial charge in [-0.25, -0.2) is 0 Å². The maximum Gasteiger partial charge on any atom is 0.305 e. The minimum absolute atomic E-state index is 0.0569. The lowest BCUT2D eigenvalue weighted by atomic mass is 10.0. The first-order chi connectivity index (χ1) is 11.4. The molecule has 1 aromatic rings. The molecule has 1 rings (SSSR count). The van der Waals surface area contributed by atoms with Gasteiger partial charge in [0, 0.05) is 18.5 Å². The van der Waals surface area contributed by atoms with Crippen LogP contribution in [-0.4, -0.2) is 37.5 Å². The van der Waals surface area contributed by atoms with Crippen molar-refractivity contribution in [3.63, 3.8) is 0 Å². The van der Waals surface area contributed by atoms with Crippen molar-refractivity contribution in [2.75, 3.05) is 13.7 Å². The van der Waals surface area contributed by atoms with Crippen LogP contribution in [0.4, 0.5) is 0 Å². The molecule has 1 aromatic carbocycles. The van der Waals surface area contributed by atoms with Crippen molar-refractivity contribution in [1.29, 1.82) is 0 Å². The van der Waals surface area contributed by atoms with E-state index in [1.54, 1.807) is 12.1 Å². The summed E-state index contributed by atoms with van der Waals surface area (Å²) in [7, 11) is 1.33. The van der Waals surface area contributed by atoms with Gasteiger partial charge < -0.3 is 15.4 Å². The number of carbonyl (C=O) groups excluding carboxylic acids is 3. The molecule has 0 heterocycles. The van der Waals surface area contributed by atoms with Gasteiger partial charge in [-0.05, 0) is 30.9 Å². The molecule has 2 N–H and O–H groups in total. The van der Waals surface area contributed by atoms with Gasteiger partial charge in [0.25, 0.3) is 5.91 Å². The molecule has 132 valence electrons. The van der Waals surface area contributed by atoms with Gasteiger partial charge in [0.2, 0.25) is 5.91 Å². The summed E-state index contributed by atoms with van der Waals surface area (Å²) >= 11 is 0. The van der Waals surface area contributed by atoms with Crippen LogP contribution in [0.15, 0.2) is 24.3 Å². The summed E-state index contributed by atoms with van der Waals surface area (Å²) < 4.78 is 4.55. The molecule has 0 radical (unpaired) electrons. The predicted octanol–water partition coefficient (Wildman–Crippen LogP) is 1.82. The van der Waals surface area contributed by atoms with Crippen molar-refractivity contribution in [3.05, 3.63) is 35.4 Å². The molecule has 0 saturated heterocycles. The van der Waals surface area contributed by atoms with E-state index in [2.05, 4.69) is 15.4 Å². The Hall–Kier alpha value is -2.37. The van der Waals surface area contributed by atoms with E-state index in [1.807, 2.05) is 32.9 Å². The number of hydrogen-bond donors (Lipinski definition) is 2. The molecule has 0 fully saturated rings. The first-order valence-electron chi connectivity index (χ1n) is 8.07. The minimum Gasteiger partial charge on any atom is -0.469 e. The van der Waals surface area contributed by atoms with Crippen LogP contribution in [0.1, 0.15) is 42.6 Å². The molecule has 1 atom stereocenters. The highest BCUT2D eigenvalue weighted by molar-refractivity contribution is 5.98. The molecule has 2 amide bonds. The van der Waals surface area contributed by atoms with Crippen LogP contribution in [0.5, 0.6) is 0 Å². The van der Waals surface area contributed by atoms with Crippen molar-refractivity contribution in [3.8, 4) is 0 Å². The lowest BCUT2D eigenvalue weighted by Crippen LogP contribution is -2.50. The first-order valence-corrected chi connectivity index (χ1v) is 8.07. The average Bonchev–Trinajstić information content (AvgIpc) is 2.55. The molecule has 0 aliphatic heterocycles. The summed E-state index contributed by atoms with van der Waals surface area (Å²) in [6.07, 6.45) is 0.744. The quantitative estimate of drug-likeness (QED) is 0.561. The van der Waals surface area contributed by atoms with Gasteiger partial charge in [-0.1, -0.05) is 32.0 Å². The average molecular weight is 334 g/mol. The van der Waals surface area contributed by atoms with Crippen molar-refractivity contribution in [1.82, 2.24) is 10.6 Å². The smallest absolute Gasteiger partial charge is 0.305 e. The molecule has 24 heavy (non-hydrogen) atoms. The Bertz CT molecular complexity index is 584. The van der Waals surface area contributed by atoms with Crippen LogP contribution in [0.3, 0.4) is 0 Å². The first kappa shape index (κ1) is 19.7. The second-order valence-corrected chi connectivity index (χ2v) is 5.98. The minimum atomic E-state index is -0.629. The van der Waals surface area contributed by atoms with Crippen molar-refractivity contribution in [2.24, 2.45) is 5.92 Å². The fourth-order valence-electron chi connectivity index (χ4n) is 2.24. The number of esters is 1. The fourth-order valence-corrected chi connectivity index (χ4v) is 2.24. The zero-order chi connectivity index (χ0) is 18.1. The number of ether oxygens (including phenoxy) is 1. The lowest BCUT2D eigenvalue weighted by molar-refractivity contribution is -0.140. The number of aryl methyl sites for hydroxylation is 1. The molecule has 0 aromatic heterocycles. The fraction of sp³-hybridized carbons (Fsp3) is 0.500. The Morgan fingerprint density at radius 1 is 1.17 bits per heavy atom. The van der Waals surface area contributed by atoms with E-state index in [4.69, 9.17) is 0 Å². The number of hydrogen-bond acceptors (Lipinski definition) is 4. The topological polar surface area (TPSA) is 84.5 Å². The third-order valence-corrected chi connectivity index (χ3v) is 3.71. The summed E-state index contributed by atoms with van der Waals surface area (Å²) in [5.41, 5.74) is 1.41. The van der Waals surface area contributed by atoms with E-state index in [1.165, 1.54) is 7.11 Å². The number of benzene rings is 1. The Morgan fingerprint density at radius 2 is 1.83 bits per heavy atom. The zero-order valence-electron chi connectivity index (χ0n) is 14.7. The lowest BCUT2D eigenvalue weighted by Gasteiger charge is -2.22. The zero-order valence-corrected chi connectivity index (χ0v) is 14.7. The second kappa shape index (κ2) is 9.70. The van der Waals surface area contributed by atoms with Gasteiger partial charge in [0.1, 0.15) is 6.04 Å². The molecule has 0 bridgehead atoms. The number of amides is 2. The molecule has 0 aliphatic rings. The highest BCUT2D eigenvalue weighted by Gasteiger charge is 2.24. The number of methoxy groups -OCH3 is 1. The highest BCUT2D eigenvalue weighted by atomic mass is 16.5. The summed E-state index contributed by atoms with van der Waals surface area (Å²) in [5, 5.41) is 5.55. The van der Waals surface area contributed by atoms with Gasteiger partial charge in [0.15, 0.2) is 0 Å². The standard InChI is InChI=1S/C18H26N2O4/c1-12(2)16(18(23)19-11-7-10-15(21)24-4)20-17(22)14-9-6-5-8-13(14)3/h5-6,8-9,12,16H,7,10-11H2,1-4H3,(H,19,23)(H,20,22). The monoisotopic (exact) mass is 334 g/mol. The van der Waals surface area contributed by atoms with E-state index >= 15 is 0 Å². The second-order valence-electron chi connectivity index (χ2n) is 5.98. The molecule has 1 unspecified atom stereocenters. The van der Waals surface area contributed by atoms with Gasteiger partial charge >= 0.3 is 5.97 Å². The summed E-state index contributed by atoms with van der Waals surface area (Å²) in [4.78, 5) is 35.7. The molecule has 0 spiro atoms. The van der Waals surface area contributed by atoms with Crippen molar-refractivity contribution in [2.45, 2.75) is 39.7 Å². The molecular weight excluding hydrogens is 308 g/mol. The van der Waals surface area contributed by atoms with E-state index < -0.39 is 6.04 Å². The normalized spacial score (nSPS) is 11.7. The van der Waals surface area contributed by atoms with Gasteiger partial charge in [-0.3, -0.25) is 14.4 Å². The SMILES string of the molecule is COC(=O)CCCNC(=O)C(NC(=O)c1ccccc1C)C(C)C. The largest absolute Gasteiger partial charge is 0.469 e. The van der Waals surface area contributed by atoms with Crippen LogP contribution < -0.4 is 10.6 Å². The molecule has 0 saturated carbocycles. The molecule has 6 heteroatoms. The van der Waals surface area contributed by atoms with Crippen LogP contribution >= 0.6 is 0 Å². The van der Waals surface area contributed by atoms with Crippen molar-refractivity contribution >= 4 is 17.8 Å². The van der Waals surface area contributed by atoms with E-state index in [-0.39, 0.29) is 30.1 Å². The van der Waals surface area contributed by atoms with Crippen LogP contribution in [0.25, 0.3) is 0 Å². The third-order valence-electron chi connectivity index (χ3n) is 3.71. The number of carbonyl (C=O) groups is 3. The third kappa shape index (κ3) is 6.02. The van der Waals surface area contributed by atoms with Gasteiger partial charge in [-0.15, -0.1) is 0 Å². The molecular formula is C18H26N2O4. The van der Waals surface area contributed by atoms with Gasteiger partial charge in [0.05, 0.1) is 7.11 Å². The van der Waals surface area contributed by atoms with E-state index in [0.29, 0.717) is 18.5 Å². The van der Waals surface area contributed by atoms with Crippen LogP contribution in [0, 0.1) is 12.8 Å². The van der Waals surface area contributed by atoms with Crippen molar-refractivity contribution < 1.29 is 19.1 Å². The van der Waals surface area contributed by atoms with E-state index in [9.17, 15) is 14.4 Å². The van der Waals surface area contributed by atoms with Crippen LogP contribution in [0.2, 0.25) is 0 Å². The maximum absolute atomic E-state index is 12.4. The summed E-state index contributed by atoms with van der Waals surface area (Å²) in [6, 6.07) is 6.61.